The first-order chi connectivity index (χ1) is 7.57. The lowest BCUT2D eigenvalue weighted by atomic mass is 10.1. The van der Waals surface area contributed by atoms with E-state index in [9.17, 15) is 0 Å². The van der Waals surface area contributed by atoms with Crippen LogP contribution in [0.4, 0.5) is 0 Å². The van der Waals surface area contributed by atoms with Crippen molar-refractivity contribution in [1.29, 1.82) is 0 Å². The topological polar surface area (TPSA) is 37.3 Å². The summed E-state index contributed by atoms with van der Waals surface area (Å²) in [6, 6.07) is 2.02. The number of amidine groups is 1. The Hall–Kier alpha value is -1.03. The standard InChI is InChI=1S/C12H17N3S/c1-9-4-5-13-6-10(9)7-14-11-15-12(2,3)8-16-11/h4-6H,7-8H2,1-3H3,(H,14,15). The predicted octanol–water partition coefficient (Wildman–Crippen LogP) is 2.36. The van der Waals surface area contributed by atoms with Gasteiger partial charge in [-0.25, -0.2) is 0 Å². The van der Waals surface area contributed by atoms with E-state index in [1.807, 2.05) is 18.5 Å². The number of thioether (sulfide) groups is 1. The van der Waals surface area contributed by atoms with Crippen molar-refractivity contribution in [2.75, 3.05) is 5.75 Å². The van der Waals surface area contributed by atoms with Gasteiger partial charge in [-0.1, -0.05) is 11.8 Å². The third kappa shape index (κ3) is 2.76. The maximum Gasteiger partial charge on any atom is 0.157 e. The summed E-state index contributed by atoms with van der Waals surface area (Å²) in [7, 11) is 0. The van der Waals surface area contributed by atoms with Crippen molar-refractivity contribution < 1.29 is 0 Å². The quantitative estimate of drug-likeness (QED) is 0.855. The van der Waals surface area contributed by atoms with Crippen LogP contribution in [0.15, 0.2) is 23.5 Å². The number of hydrogen-bond acceptors (Lipinski definition) is 3. The number of aryl methyl sites for hydroxylation is 1. The van der Waals surface area contributed by atoms with Crippen LogP contribution in [-0.4, -0.2) is 21.4 Å². The number of aliphatic imine (C=N–C) groups is 1. The van der Waals surface area contributed by atoms with Gasteiger partial charge in [-0.3, -0.25) is 9.98 Å². The molecule has 16 heavy (non-hydrogen) atoms. The first-order valence-corrected chi connectivity index (χ1v) is 6.40. The van der Waals surface area contributed by atoms with Crippen molar-refractivity contribution in [1.82, 2.24) is 10.3 Å². The van der Waals surface area contributed by atoms with Crippen molar-refractivity contribution in [3.63, 3.8) is 0 Å². The van der Waals surface area contributed by atoms with Gasteiger partial charge in [0.25, 0.3) is 0 Å². The fraction of sp³-hybridized carbons (Fsp3) is 0.500. The van der Waals surface area contributed by atoms with E-state index in [0.29, 0.717) is 6.54 Å². The van der Waals surface area contributed by atoms with Crippen molar-refractivity contribution in [3.8, 4) is 0 Å². The van der Waals surface area contributed by atoms with Gasteiger partial charge in [-0.2, -0.15) is 0 Å². The molecule has 0 radical (unpaired) electrons. The lowest BCUT2D eigenvalue weighted by molar-refractivity contribution is 0.536. The Morgan fingerprint density at radius 2 is 2.38 bits per heavy atom. The van der Waals surface area contributed by atoms with Crippen LogP contribution in [0.1, 0.15) is 25.0 Å². The van der Waals surface area contributed by atoms with Gasteiger partial charge >= 0.3 is 0 Å². The molecule has 1 aliphatic heterocycles. The Balaban J connectivity index is 2.03. The molecule has 0 atom stereocenters. The molecular formula is C12H17N3S. The molecule has 0 spiro atoms. The van der Waals surface area contributed by atoms with Crippen LogP contribution in [0.2, 0.25) is 0 Å². The Morgan fingerprint density at radius 1 is 1.56 bits per heavy atom. The summed E-state index contributed by atoms with van der Waals surface area (Å²) >= 11 is 1.79. The molecule has 1 N–H and O–H groups in total. The van der Waals surface area contributed by atoms with E-state index in [2.05, 4.69) is 36.1 Å². The van der Waals surface area contributed by atoms with Crippen LogP contribution in [0.25, 0.3) is 0 Å². The van der Waals surface area contributed by atoms with Crippen molar-refractivity contribution in [2.45, 2.75) is 32.9 Å². The molecular weight excluding hydrogens is 218 g/mol. The Labute approximate surface area is 101 Å². The Morgan fingerprint density at radius 3 is 3.00 bits per heavy atom. The lowest BCUT2D eigenvalue weighted by Gasteiger charge is -2.15. The second-order valence-electron chi connectivity index (χ2n) is 4.72. The summed E-state index contributed by atoms with van der Waals surface area (Å²) in [6.45, 7) is 7.19. The zero-order valence-corrected chi connectivity index (χ0v) is 10.8. The van der Waals surface area contributed by atoms with Crippen LogP contribution in [0.3, 0.4) is 0 Å². The molecule has 2 heterocycles. The Bertz CT molecular complexity index is 412. The summed E-state index contributed by atoms with van der Waals surface area (Å²) < 4.78 is 0. The molecule has 1 aliphatic rings. The average molecular weight is 235 g/mol. The van der Waals surface area contributed by atoms with E-state index in [0.717, 1.165) is 10.9 Å². The van der Waals surface area contributed by atoms with Crippen LogP contribution in [0, 0.1) is 6.92 Å². The molecule has 0 unspecified atom stereocenters. The number of nitrogens with zero attached hydrogens (tertiary/aromatic N) is 2. The van der Waals surface area contributed by atoms with E-state index in [-0.39, 0.29) is 5.54 Å². The largest absolute Gasteiger partial charge is 0.359 e. The summed E-state index contributed by atoms with van der Waals surface area (Å²) in [6.07, 6.45) is 3.71. The van der Waals surface area contributed by atoms with Gasteiger partial charge in [-0.05, 0) is 38.0 Å². The lowest BCUT2D eigenvalue weighted by Crippen LogP contribution is -2.36. The molecule has 86 valence electrons. The summed E-state index contributed by atoms with van der Waals surface area (Å²) in [5.41, 5.74) is 2.62. The summed E-state index contributed by atoms with van der Waals surface area (Å²) in [5.74, 6) is 1.08. The van der Waals surface area contributed by atoms with E-state index < -0.39 is 0 Å². The highest BCUT2D eigenvalue weighted by Crippen LogP contribution is 2.22. The number of rotatable bonds is 2. The van der Waals surface area contributed by atoms with Crippen molar-refractivity contribution in [2.24, 2.45) is 4.99 Å². The Kier molecular flexibility index (Phi) is 3.19. The van der Waals surface area contributed by atoms with Crippen molar-refractivity contribution in [3.05, 3.63) is 29.6 Å². The zero-order valence-electron chi connectivity index (χ0n) is 9.95. The van der Waals surface area contributed by atoms with Gasteiger partial charge < -0.3 is 5.32 Å². The summed E-state index contributed by atoms with van der Waals surface area (Å²) in [5, 5.41) is 4.46. The van der Waals surface area contributed by atoms with Gasteiger partial charge in [0, 0.05) is 23.7 Å². The highest BCUT2D eigenvalue weighted by atomic mass is 32.2. The normalized spacial score (nSPS) is 21.1. The molecule has 1 fully saturated rings. The van der Waals surface area contributed by atoms with Crippen LogP contribution >= 0.6 is 11.8 Å². The maximum atomic E-state index is 4.58. The van der Waals surface area contributed by atoms with Gasteiger partial charge in [0.15, 0.2) is 5.17 Å². The highest BCUT2D eigenvalue weighted by molar-refractivity contribution is 8.14. The molecule has 0 amide bonds. The number of pyridine rings is 1. The van der Waals surface area contributed by atoms with Gasteiger partial charge in [0.05, 0.1) is 6.54 Å². The van der Waals surface area contributed by atoms with Crippen LogP contribution in [0.5, 0.6) is 0 Å². The minimum absolute atomic E-state index is 0.174. The first kappa shape index (κ1) is 11.5. The third-order valence-electron chi connectivity index (χ3n) is 2.56. The summed E-state index contributed by atoms with van der Waals surface area (Å²) in [4.78, 5) is 8.70. The molecule has 0 aromatic carbocycles. The van der Waals surface area contributed by atoms with Crippen LogP contribution in [-0.2, 0) is 6.54 Å². The minimum atomic E-state index is 0.174. The van der Waals surface area contributed by atoms with Crippen LogP contribution < -0.4 is 5.32 Å². The molecule has 1 aromatic heterocycles. The number of aromatic nitrogens is 1. The van der Waals surface area contributed by atoms with Gasteiger partial charge in [0.1, 0.15) is 0 Å². The molecule has 2 rings (SSSR count). The first-order valence-electron chi connectivity index (χ1n) is 5.42. The molecule has 1 saturated heterocycles. The van der Waals surface area contributed by atoms with Gasteiger partial charge in [-0.15, -0.1) is 0 Å². The van der Waals surface area contributed by atoms with E-state index >= 15 is 0 Å². The second kappa shape index (κ2) is 4.45. The fourth-order valence-corrected chi connectivity index (χ4v) is 2.59. The van der Waals surface area contributed by atoms with E-state index in [1.165, 1.54) is 11.1 Å². The second-order valence-corrected chi connectivity index (χ2v) is 5.69. The highest BCUT2D eigenvalue weighted by Gasteiger charge is 2.26. The molecule has 0 saturated carbocycles. The minimum Gasteiger partial charge on any atom is -0.359 e. The monoisotopic (exact) mass is 235 g/mol. The smallest absolute Gasteiger partial charge is 0.157 e. The van der Waals surface area contributed by atoms with E-state index in [1.54, 1.807) is 11.8 Å². The van der Waals surface area contributed by atoms with Gasteiger partial charge in [0.2, 0.25) is 0 Å². The molecule has 0 bridgehead atoms. The molecule has 3 nitrogen and oxygen atoms in total. The molecule has 0 aliphatic carbocycles. The van der Waals surface area contributed by atoms with Crippen molar-refractivity contribution >= 4 is 16.9 Å². The fourth-order valence-electron chi connectivity index (χ4n) is 1.51. The zero-order chi connectivity index (χ0) is 11.6. The average Bonchev–Trinajstić information content (AvgIpc) is 2.57. The SMILES string of the molecule is Cc1ccncc1CN=C1NC(C)(C)CS1. The predicted molar refractivity (Wildman–Crippen MR) is 69.8 cm³/mol. The van der Waals surface area contributed by atoms with E-state index in [4.69, 9.17) is 0 Å². The number of hydrogen-bond donors (Lipinski definition) is 1. The number of nitrogens with one attached hydrogen (secondary N) is 1. The maximum absolute atomic E-state index is 4.58. The molecule has 4 heteroatoms. The third-order valence-corrected chi connectivity index (χ3v) is 3.93. The molecule has 1 aromatic rings.